The zero-order valence-corrected chi connectivity index (χ0v) is 14.1. The summed E-state index contributed by atoms with van der Waals surface area (Å²) in [4.78, 5) is 13.5. The molecule has 23 heavy (non-hydrogen) atoms. The fourth-order valence-electron chi connectivity index (χ4n) is 1.59. The zero-order chi connectivity index (χ0) is 16.8. The molecule has 0 spiro atoms. The molecule has 0 aliphatic rings. The number of furan rings is 1. The number of anilines is 1. The second kappa shape index (κ2) is 7.89. The summed E-state index contributed by atoms with van der Waals surface area (Å²) in [5.74, 6) is 1.16. The Morgan fingerprint density at radius 1 is 1.35 bits per heavy atom. The van der Waals surface area contributed by atoms with E-state index in [2.05, 4.69) is 10.5 Å². The summed E-state index contributed by atoms with van der Waals surface area (Å²) in [6.07, 6.45) is 1.40. The Bertz CT molecular complexity index is 714. The van der Waals surface area contributed by atoms with E-state index in [4.69, 9.17) is 32.4 Å². The van der Waals surface area contributed by atoms with Gasteiger partial charge in [-0.25, -0.2) is 5.43 Å². The van der Waals surface area contributed by atoms with E-state index in [-0.39, 0.29) is 6.61 Å². The number of nitrogens with one attached hydrogen (secondary N) is 1. The van der Waals surface area contributed by atoms with Gasteiger partial charge < -0.3 is 14.1 Å². The van der Waals surface area contributed by atoms with E-state index in [1.165, 1.54) is 12.3 Å². The standard InChI is InChI=1S/C15H15Cl2N3O3/c1-20(2)15-6-4-11(23-15)8-18-19-14(21)9-22-13-5-3-10(16)7-12(13)17/h3-8H,9H2,1-2H3,(H,19,21)/b18-8+. The van der Waals surface area contributed by atoms with Crippen LogP contribution in [0.2, 0.25) is 10.0 Å². The molecule has 1 aromatic heterocycles. The Morgan fingerprint density at radius 2 is 2.13 bits per heavy atom. The first-order valence-corrected chi connectivity index (χ1v) is 7.38. The molecule has 6 nitrogen and oxygen atoms in total. The van der Waals surface area contributed by atoms with E-state index in [1.807, 2.05) is 19.0 Å². The van der Waals surface area contributed by atoms with Crippen LogP contribution in [0.3, 0.4) is 0 Å². The molecular formula is C15H15Cl2N3O3. The highest BCUT2D eigenvalue weighted by atomic mass is 35.5. The Kier molecular flexibility index (Phi) is 5.90. The molecule has 8 heteroatoms. The van der Waals surface area contributed by atoms with Gasteiger partial charge in [0.1, 0.15) is 11.5 Å². The number of nitrogens with zero attached hydrogens (tertiary/aromatic N) is 2. The van der Waals surface area contributed by atoms with Gasteiger partial charge in [0.15, 0.2) is 12.5 Å². The molecule has 0 aliphatic heterocycles. The second-order valence-corrected chi connectivity index (χ2v) is 5.57. The van der Waals surface area contributed by atoms with Crippen LogP contribution in [0.25, 0.3) is 0 Å². The molecule has 0 saturated heterocycles. The van der Waals surface area contributed by atoms with Crippen molar-refractivity contribution >= 4 is 41.2 Å². The van der Waals surface area contributed by atoms with E-state index in [0.29, 0.717) is 27.4 Å². The zero-order valence-electron chi connectivity index (χ0n) is 12.5. The molecule has 0 radical (unpaired) electrons. The van der Waals surface area contributed by atoms with Crippen molar-refractivity contribution in [3.8, 4) is 5.75 Å². The van der Waals surface area contributed by atoms with Gasteiger partial charge in [-0.05, 0) is 24.3 Å². The maximum atomic E-state index is 11.6. The second-order valence-electron chi connectivity index (χ2n) is 4.73. The molecule has 1 aromatic carbocycles. The third-order valence-corrected chi connectivity index (χ3v) is 3.22. The molecule has 2 aromatic rings. The summed E-state index contributed by atoms with van der Waals surface area (Å²) in [6, 6.07) is 8.29. The first-order chi connectivity index (χ1) is 11.0. The van der Waals surface area contributed by atoms with E-state index < -0.39 is 5.91 Å². The highest BCUT2D eigenvalue weighted by Gasteiger charge is 2.06. The molecular weight excluding hydrogens is 341 g/mol. The van der Waals surface area contributed by atoms with Gasteiger partial charge in [-0.3, -0.25) is 4.79 Å². The summed E-state index contributed by atoms with van der Waals surface area (Å²) >= 11 is 11.7. The van der Waals surface area contributed by atoms with Gasteiger partial charge >= 0.3 is 0 Å². The minimum Gasteiger partial charge on any atom is -0.482 e. The molecule has 0 bridgehead atoms. The number of ether oxygens (including phenoxy) is 1. The van der Waals surface area contributed by atoms with E-state index in [1.54, 1.807) is 24.3 Å². The number of benzene rings is 1. The highest BCUT2D eigenvalue weighted by molar-refractivity contribution is 6.35. The average Bonchev–Trinajstić information content (AvgIpc) is 2.95. The molecule has 0 atom stereocenters. The summed E-state index contributed by atoms with van der Waals surface area (Å²) in [5, 5.41) is 4.62. The minimum atomic E-state index is -0.424. The number of carbonyl (C=O) groups is 1. The number of hydrogen-bond donors (Lipinski definition) is 1. The topological polar surface area (TPSA) is 67.1 Å². The van der Waals surface area contributed by atoms with Crippen molar-refractivity contribution < 1.29 is 13.9 Å². The average molecular weight is 356 g/mol. The van der Waals surface area contributed by atoms with Crippen LogP contribution in [-0.2, 0) is 4.79 Å². The minimum absolute atomic E-state index is 0.222. The molecule has 122 valence electrons. The van der Waals surface area contributed by atoms with Gasteiger partial charge in [-0.2, -0.15) is 5.10 Å². The van der Waals surface area contributed by atoms with E-state index in [9.17, 15) is 4.79 Å². The van der Waals surface area contributed by atoms with Crippen molar-refractivity contribution in [3.05, 3.63) is 46.1 Å². The maximum Gasteiger partial charge on any atom is 0.277 e. The normalized spacial score (nSPS) is 10.8. The molecule has 0 aliphatic carbocycles. The number of hydrogen-bond acceptors (Lipinski definition) is 5. The van der Waals surface area contributed by atoms with Gasteiger partial charge in [-0.1, -0.05) is 23.2 Å². The number of amides is 1. The predicted octanol–water partition coefficient (Wildman–Crippen LogP) is 3.18. The lowest BCUT2D eigenvalue weighted by Crippen LogP contribution is -2.24. The van der Waals surface area contributed by atoms with Crippen LogP contribution in [0.1, 0.15) is 5.76 Å². The lowest BCUT2D eigenvalue weighted by Gasteiger charge is -2.07. The van der Waals surface area contributed by atoms with Gasteiger partial charge in [0, 0.05) is 25.2 Å². The smallest absolute Gasteiger partial charge is 0.277 e. The number of hydrazone groups is 1. The monoisotopic (exact) mass is 355 g/mol. The Balaban J connectivity index is 1.81. The van der Waals surface area contributed by atoms with Crippen LogP contribution < -0.4 is 15.1 Å². The fourth-order valence-corrected chi connectivity index (χ4v) is 2.05. The molecule has 1 amide bonds. The third-order valence-electron chi connectivity index (χ3n) is 2.69. The first-order valence-electron chi connectivity index (χ1n) is 6.62. The number of rotatable bonds is 6. The van der Waals surface area contributed by atoms with Crippen molar-refractivity contribution in [2.75, 3.05) is 25.6 Å². The molecule has 2 rings (SSSR count). The van der Waals surface area contributed by atoms with Crippen molar-refractivity contribution in [1.29, 1.82) is 0 Å². The summed E-state index contributed by atoms with van der Waals surface area (Å²) in [6.45, 7) is -0.222. The summed E-state index contributed by atoms with van der Waals surface area (Å²) in [5.41, 5.74) is 2.33. The Morgan fingerprint density at radius 3 is 2.78 bits per heavy atom. The highest BCUT2D eigenvalue weighted by Crippen LogP contribution is 2.27. The SMILES string of the molecule is CN(C)c1ccc(/C=N/NC(=O)COc2ccc(Cl)cc2Cl)o1. The van der Waals surface area contributed by atoms with Crippen LogP contribution in [0.4, 0.5) is 5.88 Å². The van der Waals surface area contributed by atoms with Crippen molar-refractivity contribution in [2.24, 2.45) is 5.10 Å². The first kappa shape index (κ1) is 17.2. The van der Waals surface area contributed by atoms with Crippen LogP contribution in [-0.4, -0.2) is 32.8 Å². The van der Waals surface area contributed by atoms with Gasteiger partial charge in [0.25, 0.3) is 5.91 Å². The van der Waals surface area contributed by atoms with Crippen molar-refractivity contribution in [1.82, 2.24) is 5.43 Å². The van der Waals surface area contributed by atoms with Crippen LogP contribution >= 0.6 is 23.2 Å². The number of carbonyl (C=O) groups excluding carboxylic acids is 1. The quantitative estimate of drug-likeness (QED) is 0.638. The lowest BCUT2D eigenvalue weighted by atomic mass is 10.3. The molecule has 0 unspecified atom stereocenters. The van der Waals surface area contributed by atoms with E-state index >= 15 is 0 Å². The van der Waals surface area contributed by atoms with Crippen LogP contribution in [0.15, 0.2) is 39.9 Å². The van der Waals surface area contributed by atoms with Crippen molar-refractivity contribution in [2.45, 2.75) is 0 Å². The van der Waals surface area contributed by atoms with Crippen LogP contribution in [0.5, 0.6) is 5.75 Å². The van der Waals surface area contributed by atoms with Crippen LogP contribution in [0, 0.1) is 0 Å². The molecule has 0 fully saturated rings. The molecule has 0 saturated carbocycles. The summed E-state index contributed by atoms with van der Waals surface area (Å²) < 4.78 is 10.7. The Labute approximate surface area is 143 Å². The maximum absolute atomic E-state index is 11.6. The van der Waals surface area contributed by atoms with Gasteiger partial charge in [-0.15, -0.1) is 0 Å². The third kappa shape index (κ3) is 5.19. The summed E-state index contributed by atoms with van der Waals surface area (Å²) in [7, 11) is 3.72. The molecule has 1 heterocycles. The van der Waals surface area contributed by atoms with Gasteiger partial charge in [0.05, 0.1) is 11.2 Å². The fraction of sp³-hybridized carbons (Fsp3) is 0.200. The number of halogens is 2. The van der Waals surface area contributed by atoms with Gasteiger partial charge in [0.2, 0.25) is 0 Å². The lowest BCUT2D eigenvalue weighted by molar-refractivity contribution is -0.123. The Hall–Kier alpha value is -2.18. The van der Waals surface area contributed by atoms with E-state index in [0.717, 1.165) is 0 Å². The largest absolute Gasteiger partial charge is 0.482 e. The predicted molar refractivity (Wildman–Crippen MR) is 90.7 cm³/mol. The molecule has 1 N–H and O–H groups in total. The van der Waals surface area contributed by atoms with Crippen molar-refractivity contribution in [3.63, 3.8) is 0 Å².